The third-order valence-electron chi connectivity index (χ3n) is 4.59. The van der Waals surface area contributed by atoms with E-state index in [-0.39, 0.29) is 11.9 Å². The molecule has 138 valence electrons. The van der Waals surface area contributed by atoms with Gasteiger partial charge in [0, 0.05) is 6.04 Å². The molecule has 1 atom stereocenters. The van der Waals surface area contributed by atoms with Gasteiger partial charge in [-0.2, -0.15) is 0 Å². The summed E-state index contributed by atoms with van der Waals surface area (Å²) in [6.45, 7) is 6.13. The van der Waals surface area contributed by atoms with Gasteiger partial charge in [-0.05, 0) is 75.6 Å². The SMILES string of the molecule is CCCCCC(Oc1ccc(C2=CCCCC2)cc1)C(=O)NC(C)C. The number of unbranched alkanes of at least 4 members (excludes halogenated alkanes) is 2. The van der Waals surface area contributed by atoms with Crippen LogP contribution in [0.15, 0.2) is 30.3 Å². The molecule has 0 spiro atoms. The molecule has 0 heterocycles. The minimum Gasteiger partial charge on any atom is -0.481 e. The number of nitrogens with one attached hydrogen (secondary N) is 1. The zero-order valence-electron chi connectivity index (χ0n) is 16.0. The van der Waals surface area contributed by atoms with E-state index in [1.807, 2.05) is 26.0 Å². The highest BCUT2D eigenvalue weighted by molar-refractivity contribution is 5.81. The minimum atomic E-state index is -0.409. The van der Waals surface area contributed by atoms with Crippen molar-refractivity contribution in [2.24, 2.45) is 0 Å². The van der Waals surface area contributed by atoms with Gasteiger partial charge in [-0.25, -0.2) is 0 Å². The van der Waals surface area contributed by atoms with Crippen molar-refractivity contribution < 1.29 is 9.53 Å². The van der Waals surface area contributed by atoms with Crippen LogP contribution in [0.3, 0.4) is 0 Å². The van der Waals surface area contributed by atoms with Gasteiger partial charge in [0.1, 0.15) is 5.75 Å². The normalized spacial score (nSPS) is 15.6. The van der Waals surface area contributed by atoms with Crippen LogP contribution >= 0.6 is 0 Å². The average Bonchev–Trinajstić information content (AvgIpc) is 2.62. The summed E-state index contributed by atoms with van der Waals surface area (Å²) in [6, 6.07) is 8.37. The Hall–Kier alpha value is -1.77. The Bertz CT molecular complexity index is 560. The van der Waals surface area contributed by atoms with Crippen molar-refractivity contribution in [3.05, 3.63) is 35.9 Å². The molecule has 1 aromatic rings. The molecule has 0 saturated carbocycles. The lowest BCUT2D eigenvalue weighted by Crippen LogP contribution is -2.41. The molecule has 1 unspecified atom stereocenters. The molecule has 0 radical (unpaired) electrons. The van der Waals surface area contributed by atoms with Gasteiger partial charge in [0.15, 0.2) is 6.10 Å². The molecule has 0 fully saturated rings. The zero-order valence-corrected chi connectivity index (χ0v) is 16.0. The monoisotopic (exact) mass is 343 g/mol. The standard InChI is InChI=1S/C22H33NO2/c1-4-5-7-12-21(22(24)23-17(2)3)25-20-15-13-19(14-16-20)18-10-8-6-9-11-18/h10,13-17,21H,4-9,11-12H2,1-3H3,(H,23,24). The fourth-order valence-electron chi connectivity index (χ4n) is 3.21. The number of benzene rings is 1. The van der Waals surface area contributed by atoms with Crippen LogP contribution < -0.4 is 10.1 Å². The third kappa shape index (κ3) is 6.56. The first-order chi connectivity index (χ1) is 12.1. The Kier molecular flexibility index (Phi) is 8.03. The lowest BCUT2D eigenvalue weighted by molar-refractivity contribution is -0.128. The third-order valence-corrected chi connectivity index (χ3v) is 4.59. The number of carbonyl (C=O) groups excluding carboxylic acids is 1. The molecule has 3 heteroatoms. The first-order valence-electron chi connectivity index (χ1n) is 9.86. The molecule has 1 N–H and O–H groups in total. The molecule has 0 saturated heterocycles. The maximum atomic E-state index is 12.4. The number of hydrogen-bond acceptors (Lipinski definition) is 2. The summed E-state index contributed by atoms with van der Waals surface area (Å²) in [7, 11) is 0. The van der Waals surface area contributed by atoms with Crippen molar-refractivity contribution in [2.75, 3.05) is 0 Å². The quantitative estimate of drug-likeness (QED) is 0.602. The van der Waals surface area contributed by atoms with Crippen molar-refractivity contribution in [2.45, 2.75) is 84.3 Å². The molecule has 1 aliphatic carbocycles. The Morgan fingerprint density at radius 1 is 1.16 bits per heavy atom. The number of allylic oxidation sites excluding steroid dienone is 2. The van der Waals surface area contributed by atoms with Gasteiger partial charge in [-0.1, -0.05) is 38.0 Å². The summed E-state index contributed by atoms with van der Waals surface area (Å²) in [4.78, 5) is 12.4. The molecule has 1 aliphatic rings. The Labute approximate surface area is 152 Å². The molecule has 3 nitrogen and oxygen atoms in total. The average molecular weight is 344 g/mol. The van der Waals surface area contributed by atoms with Crippen LogP contribution in [-0.4, -0.2) is 18.1 Å². The van der Waals surface area contributed by atoms with Crippen LogP contribution in [0.2, 0.25) is 0 Å². The highest BCUT2D eigenvalue weighted by Gasteiger charge is 2.20. The predicted octanol–water partition coefficient (Wildman–Crippen LogP) is 5.50. The van der Waals surface area contributed by atoms with Gasteiger partial charge in [-0.3, -0.25) is 4.79 Å². The van der Waals surface area contributed by atoms with Gasteiger partial charge in [-0.15, -0.1) is 0 Å². The van der Waals surface area contributed by atoms with Gasteiger partial charge in [0.05, 0.1) is 0 Å². The largest absolute Gasteiger partial charge is 0.481 e. The van der Waals surface area contributed by atoms with E-state index in [9.17, 15) is 4.79 Å². The fourth-order valence-corrected chi connectivity index (χ4v) is 3.21. The topological polar surface area (TPSA) is 38.3 Å². The van der Waals surface area contributed by atoms with E-state index >= 15 is 0 Å². The Morgan fingerprint density at radius 2 is 1.92 bits per heavy atom. The lowest BCUT2D eigenvalue weighted by Gasteiger charge is -2.20. The maximum Gasteiger partial charge on any atom is 0.261 e. The fraction of sp³-hybridized carbons (Fsp3) is 0.591. The van der Waals surface area contributed by atoms with Crippen molar-refractivity contribution in [1.29, 1.82) is 0 Å². The lowest BCUT2D eigenvalue weighted by atomic mass is 9.94. The van der Waals surface area contributed by atoms with Crippen LogP contribution in [0, 0.1) is 0 Å². The van der Waals surface area contributed by atoms with Gasteiger partial charge in [0.25, 0.3) is 5.91 Å². The second-order valence-electron chi connectivity index (χ2n) is 7.27. The molecule has 1 aromatic carbocycles. The summed E-state index contributed by atoms with van der Waals surface area (Å²) in [5.74, 6) is 0.769. The minimum absolute atomic E-state index is 0.00910. The Morgan fingerprint density at radius 3 is 2.52 bits per heavy atom. The molecule has 1 amide bonds. The summed E-state index contributed by atoms with van der Waals surface area (Å²) >= 11 is 0. The first kappa shape index (κ1) is 19.6. The number of ether oxygens (including phenoxy) is 1. The molecule has 25 heavy (non-hydrogen) atoms. The predicted molar refractivity (Wildman–Crippen MR) is 105 cm³/mol. The molecule has 0 bridgehead atoms. The van der Waals surface area contributed by atoms with Crippen molar-refractivity contribution in [1.82, 2.24) is 5.32 Å². The molecule has 2 rings (SSSR count). The van der Waals surface area contributed by atoms with Crippen molar-refractivity contribution in [3.63, 3.8) is 0 Å². The molecular formula is C22H33NO2. The number of rotatable bonds is 9. The summed E-state index contributed by atoms with van der Waals surface area (Å²) in [5.41, 5.74) is 2.72. The second-order valence-corrected chi connectivity index (χ2v) is 7.27. The zero-order chi connectivity index (χ0) is 18.1. The van der Waals surface area contributed by atoms with E-state index in [1.165, 1.54) is 30.4 Å². The smallest absolute Gasteiger partial charge is 0.261 e. The molecule has 0 aliphatic heterocycles. The van der Waals surface area contributed by atoms with E-state index in [4.69, 9.17) is 4.74 Å². The Balaban J connectivity index is 2.01. The number of amides is 1. The van der Waals surface area contributed by atoms with E-state index in [0.29, 0.717) is 0 Å². The van der Waals surface area contributed by atoms with Gasteiger partial charge in [0.2, 0.25) is 0 Å². The second kappa shape index (κ2) is 10.3. The van der Waals surface area contributed by atoms with Crippen LogP contribution in [0.5, 0.6) is 5.75 Å². The summed E-state index contributed by atoms with van der Waals surface area (Å²) in [5, 5.41) is 2.98. The number of hydrogen-bond donors (Lipinski definition) is 1. The van der Waals surface area contributed by atoms with E-state index < -0.39 is 6.10 Å². The van der Waals surface area contributed by atoms with E-state index in [2.05, 4.69) is 30.4 Å². The van der Waals surface area contributed by atoms with Crippen LogP contribution in [-0.2, 0) is 4.79 Å². The van der Waals surface area contributed by atoms with Gasteiger partial charge >= 0.3 is 0 Å². The van der Waals surface area contributed by atoms with Crippen LogP contribution in [0.25, 0.3) is 5.57 Å². The maximum absolute atomic E-state index is 12.4. The van der Waals surface area contributed by atoms with Crippen LogP contribution in [0.4, 0.5) is 0 Å². The van der Waals surface area contributed by atoms with Crippen LogP contribution in [0.1, 0.15) is 77.7 Å². The first-order valence-corrected chi connectivity index (χ1v) is 9.86. The van der Waals surface area contributed by atoms with Crippen molar-refractivity contribution in [3.8, 4) is 5.75 Å². The van der Waals surface area contributed by atoms with Crippen molar-refractivity contribution >= 4 is 11.5 Å². The summed E-state index contributed by atoms with van der Waals surface area (Å²) in [6.07, 6.45) is 10.9. The van der Waals surface area contributed by atoms with E-state index in [0.717, 1.165) is 37.9 Å². The summed E-state index contributed by atoms with van der Waals surface area (Å²) < 4.78 is 6.03. The highest BCUT2D eigenvalue weighted by atomic mass is 16.5. The van der Waals surface area contributed by atoms with E-state index in [1.54, 1.807) is 0 Å². The number of carbonyl (C=O) groups is 1. The molecular weight excluding hydrogens is 310 g/mol. The van der Waals surface area contributed by atoms with Gasteiger partial charge < -0.3 is 10.1 Å². The molecule has 0 aromatic heterocycles. The highest BCUT2D eigenvalue weighted by Crippen LogP contribution is 2.28.